The van der Waals surface area contributed by atoms with Crippen molar-refractivity contribution in [3.63, 3.8) is 0 Å². The second kappa shape index (κ2) is 18.1. The molecule has 0 saturated carbocycles. The van der Waals surface area contributed by atoms with Crippen molar-refractivity contribution in [1.82, 2.24) is 4.98 Å². The van der Waals surface area contributed by atoms with E-state index in [0.717, 1.165) is 34.5 Å². The third-order valence-electron chi connectivity index (χ3n) is 6.07. The summed E-state index contributed by atoms with van der Waals surface area (Å²) in [5.74, 6) is -1.20. The quantitative estimate of drug-likeness (QED) is 0.206. The van der Waals surface area contributed by atoms with Gasteiger partial charge in [0.05, 0.1) is 39.1 Å². The first kappa shape index (κ1) is 33.9. The van der Waals surface area contributed by atoms with Crippen LogP contribution >= 0.6 is 11.3 Å². The van der Waals surface area contributed by atoms with Gasteiger partial charge >= 0.3 is 5.97 Å². The SMILES string of the molecule is CCOC(=O)c1csc([C@H]2CC[C@@H](COCc3ccc(F)cc3)O2)n1.OCc1ccc(F)cc1.OCc1ccc(F)cc1. The van der Waals surface area contributed by atoms with Gasteiger partial charge < -0.3 is 24.4 Å². The summed E-state index contributed by atoms with van der Waals surface area (Å²) in [4.78, 5) is 16.0. The molecule has 0 spiro atoms. The van der Waals surface area contributed by atoms with E-state index in [2.05, 4.69) is 4.98 Å². The van der Waals surface area contributed by atoms with Crippen molar-refractivity contribution >= 4 is 17.3 Å². The van der Waals surface area contributed by atoms with Gasteiger partial charge in [-0.25, -0.2) is 22.9 Å². The maximum absolute atomic E-state index is 12.9. The number of ether oxygens (including phenoxy) is 3. The molecule has 11 heteroatoms. The molecule has 1 fully saturated rings. The van der Waals surface area contributed by atoms with E-state index >= 15 is 0 Å². The number of esters is 1. The Morgan fingerprint density at radius 3 is 1.86 bits per heavy atom. The van der Waals surface area contributed by atoms with E-state index in [1.54, 1.807) is 48.7 Å². The summed E-state index contributed by atoms with van der Waals surface area (Å²) >= 11 is 1.41. The molecule has 43 heavy (non-hydrogen) atoms. The molecular weight excluding hydrogens is 583 g/mol. The van der Waals surface area contributed by atoms with Crippen molar-refractivity contribution in [2.45, 2.75) is 51.8 Å². The second-order valence-electron chi connectivity index (χ2n) is 9.33. The lowest BCUT2D eigenvalue weighted by atomic mass is 10.2. The number of rotatable bonds is 9. The maximum Gasteiger partial charge on any atom is 0.357 e. The van der Waals surface area contributed by atoms with E-state index in [1.165, 1.54) is 47.7 Å². The Labute approximate surface area is 252 Å². The molecule has 7 nitrogen and oxygen atoms in total. The number of aliphatic hydroxyl groups excluding tert-OH is 2. The lowest BCUT2D eigenvalue weighted by Crippen LogP contribution is -2.15. The van der Waals surface area contributed by atoms with E-state index < -0.39 is 5.97 Å². The van der Waals surface area contributed by atoms with E-state index in [4.69, 9.17) is 24.4 Å². The van der Waals surface area contributed by atoms with Crippen LogP contribution in [0.5, 0.6) is 0 Å². The molecule has 2 heterocycles. The van der Waals surface area contributed by atoms with Crippen molar-refractivity contribution < 1.29 is 42.4 Å². The van der Waals surface area contributed by atoms with Gasteiger partial charge in [0.15, 0.2) is 5.69 Å². The fourth-order valence-electron chi connectivity index (χ4n) is 3.81. The second-order valence-corrected chi connectivity index (χ2v) is 10.2. The Hall–Kier alpha value is -3.61. The third-order valence-corrected chi connectivity index (χ3v) is 7.00. The highest BCUT2D eigenvalue weighted by Gasteiger charge is 2.29. The number of carbonyl (C=O) groups is 1. The fraction of sp³-hybridized carbons (Fsp3) is 0.312. The average molecular weight is 618 g/mol. The standard InChI is InChI=1S/C18H20FNO4S.2C7H7FO/c1-2-23-18(21)15-11-25-17(20-15)16-8-7-14(24-16)10-22-9-12-3-5-13(19)6-4-12;2*8-7-3-1-6(5-9)2-4-7/h3-6,11,14,16H,2,7-10H2,1H3;2*1-4,9H,5H2/t14-,16+;;/m0../s1. The van der Waals surface area contributed by atoms with E-state index in [1.807, 2.05) is 0 Å². The van der Waals surface area contributed by atoms with Crippen LogP contribution in [0.1, 0.15) is 58.1 Å². The number of aromatic nitrogens is 1. The average Bonchev–Trinajstić information content (AvgIpc) is 3.70. The topological polar surface area (TPSA) is 98.1 Å². The smallest absolute Gasteiger partial charge is 0.357 e. The predicted molar refractivity (Wildman–Crippen MR) is 156 cm³/mol. The van der Waals surface area contributed by atoms with Crippen molar-refractivity contribution in [3.05, 3.63) is 123 Å². The molecule has 5 rings (SSSR count). The summed E-state index contributed by atoms with van der Waals surface area (Å²) in [6.45, 7) is 2.94. The zero-order valence-corrected chi connectivity index (χ0v) is 24.4. The molecule has 3 aromatic carbocycles. The van der Waals surface area contributed by atoms with Crippen LogP contribution in [0.4, 0.5) is 13.2 Å². The number of carbonyl (C=O) groups excluding carboxylic acids is 1. The first-order chi connectivity index (χ1) is 20.8. The summed E-state index contributed by atoms with van der Waals surface area (Å²) in [7, 11) is 0. The minimum atomic E-state index is -0.401. The van der Waals surface area contributed by atoms with Crippen molar-refractivity contribution in [2.24, 2.45) is 0 Å². The lowest BCUT2D eigenvalue weighted by molar-refractivity contribution is -0.0205. The van der Waals surface area contributed by atoms with E-state index in [-0.39, 0.29) is 42.9 Å². The van der Waals surface area contributed by atoms with Crippen LogP contribution in [0.3, 0.4) is 0 Å². The van der Waals surface area contributed by atoms with Crippen molar-refractivity contribution in [1.29, 1.82) is 0 Å². The number of aliphatic hydroxyl groups is 2. The van der Waals surface area contributed by atoms with Crippen LogP contribution in [0.2, 0.25) is 0 Å². The number of thiazole rings is 1. The Kier molecular flexibility index (Phi) is 14.3. The van der Waals surface area contributed by atoms with Gasteiger partial charge in [-0.05, 0) is 72.9 Å². The third kappa shape index (κ3) is 11.9. The van der Waals surface area contributed by atoms with Gasteiger partial charge in [-0.1, -0.05) is 36.4 Å². The van der Waals surface area contributed by atoms with Crippen LogP contribution < -0.4 is 0 Å². The molecule has 2 N–H and O–H groups in total. The summed E-state index contributed by atoms with van der Waals surface area (Å²) in [5, 5.41) is 19.5. The zero-order chi connectivity index (χ0) is 31.0. The molecule has 0 amide bonds. The summed E-state index contributed by atoms with van der Waals surface area (Å²) in [6.07, 6.45) is 1.62. The van der Waals surface area contributed by atoms with Gasteiger partial charge in [-0.3, -0.25) is 0 Å². The minimum absolute atomic E-state index is 0.000363. The molecule has 1 saturated heterocycles. The normalized spacial score (nSPS) is 15.6. The maximum atomic E-state index is 12.9. The highest BCUT2D eigenvalue weighted by atomic mass is 32.1. The van der Waals surface area contributed by atoms with Crippen molar-refractivity contribution in [3.8, 4) is 0 Å². The highest BCUT2D eigenvalue weighted by molar-refractivity contribution is 7.09. The summed E-state index contributed by atoms with van der Waals surface area (Å²) < 4.78 is 53.7. The fourth-order valence-corrected chi connectivity index (χ4v) is 4.67. The Balaban J connectivity index is 0.000000228. The molecule has 0 aliphatic carbocycles. The Morgan fingerprint density at radius 2 is 1.37 bits per heavy atom. The number of nitrogens with zero attached hydrogens (tertiary/aromatic N) is 1. The summed E-state index contributed by atoms with van der Waals surface area (Å²) in [5.41, 5.74) is 2.73. The largest absolute Gasteiger partial charge is 0.461 e. The van der Waals surface area contributed by atoms with Crippen LogP contribution in [-0.4, -0.2) is 40.5 Å². The first-order valence-corrected chi connectivity index (χ1v) is 14.5. The number of hydrogen-bond acceptors (Lipinski definition) is 8. The van der Waals surface area contributed by atoms with E-state index in [0.29, 0.717) is 25.5 Å². The Bertz CT molecular complexity index is 1320. The molecule has 230 valence electrons. The molecular formula is C32H34F3NO6S. The molecule has 0 bridgehead atoms. The molecule has 1 aromatic heterocycles. The van der Waals surface area contributed by atoms with Gasteiger partial charge in [0.2, 0.25) is 0 Å². The molecule has 1 aliphatic rings. The predicted octanol–water partition coefficient (Wildman–Crippen LogP) is 6.53. The molecule has 1 aliphatic heterocycles. The van der Waals surface area contributed by atoms with Gasteiger partial charge in [-0.2, -0.15) is 0 Å². The van der Waals surface area contributed by atoms with Gasteiger partial charge in [0.25, 0.3) is 0 Å². The molecule has 0 radical (unpaired) electrons. The first-order valence-electron chi connectivity index (χ1n) is 13.6. The Morgan fingerprint density at radius 1 is 0.860 bits per heavy atom. The molecule has 4 aromatic rings. The number of benzene rings is 3. The van der Waals surface area contributed by atoms with Gasteiger partial charge in [0, 0.05) is 5.38 Å². The number of hydrogen-bond donors (Lipinski definition) is 2. The van der Waals surface area contributed by atoms with Crippen LogP contribution in [0, 0.1) is 17.5 Å². The van der Waals surface area contributed by atoms with Crippen molar-refractivity contribution in [2.75, 3.05) is 13.2 Å². The lowest BCUT2D eigenvalue weighted by Gasteiger charge is -2.12. The number of halogens is 3. The zero-order valence-electron chi connectivity index (χ0n) is 23.6. The van der Waals surface area contributed by atoms with Gasteiger partial charge in [0.1, 0.15) is 28.6 Å². The van der Waals surface area contributed by atoms with Crippen LogP contribution in [-0.2, 0) is 34.0 Å². The minimum Gasteiger partial charge on any atom is -0.461 e. The molecule has 2 atom stereocenters. The molecule has 0 unspecified atom stereocenters. The van der Waals surface area contributed by atoms with E-state index in [9.17, 15) is 18.0 Å². The summed E-state index contributed by atoms with van der Waals surface area (Å²) in [6, 6.07) is 17.8. The highest BCUT2D eigenvalue weighted by Crippen LogP contribution is 2.34. The van der Waals surface area contributed by atoms with Crippen LogP contribution in [0.25, 0.3) is 0 Å². The monoisotopic (exact) mass is 617 g/mol. The van der Waals surface area contributed by atoms with Crippen LogP contribution in [0.15, 0.2) is 78.2 Å². The van der Waals surface area contributed by atoms with Gasteiger partial charge in [-0.15, -0.1) is 11.3 Å².